The monoisotopic (exact) mass is 203 g/mol. The average Bonchev–Trinajstić information content (AvgIpc) is 2.86. The van der Waals surface area contributed by atoms with Gasteiger partial charge in [0.1, 0.15) is 0 Å². The predicted molar refractivity (Wildman–Crippen MR) is 65.4 cm³/mol. The minimum Gasteiger partial charge on any atom is -0.345 e. The van der Waals surface area contributed by atoms with Crippen LogP contribution in [0.2, 0.25) is 0 Å². The second-order valence-corrected chi connectivity index (χ2v) is 4.23. The van der Waals surface area contributed by atoms with E-state index in [9.17, 15) is 0 Å². The molecule has 2 aliphatic heterocycles. The third-order valence-corrected chi connectivity index (χ3v) is 3.46. The van der Waals surface area contributed by atoms with Crippen molar-refractivity contribution in [2.75, 3.05) is 0 Å². The zero-order valence-corrected chi connectivity index (χ0v) is 10.1. The first-order valence-electron chi connectivity index (χ1n) is 6.21. The van der Waals surface area contributed by atoms with Crippen molar-refractivity contribution in [3.63, 3.8) is 0 Å². The maximum atomic E-state index is 2.43. The zero-order chi connectivity index (χ0) is 10.8. The van der Waals surface area contributed by atoms with E-state index in [1.165, 1.54) is 31.4 Å². The molecule has 1 atom stereocenters. The van der Waals surface area contributed by atoms with E-state index >= 15 is 0 Å². The molecule has 1 unspecified atom stereocenters. The van der Waals surface area contributed by atoms with Crippen LogP contribution in [0.4, 0.5) is 0 Å². The lowest BCUT2D eigenvalue weighted by Gasteiger charge is -2.32. The van der Waals surface area contributed by atoms with E-state index in [-0.39, 0.29) is 0 Å². The highest BCUT2D eigenvalue weighted by atomic mass is 15.2. The molecule has 3 rings (SSSR count). The molecule has 0 bridgehead atoms. The van der Waals surface area contributed by atoms with Crippen LogP contribution in [0.15, 0.2) is 35.2 Å². The fourth-order valence-electron chi connectivity index (χ4n) is 2.86. The third kappa shape index (κ3) is 1.64. The van der Waals surface area contributed by atoms with Gasteiger partial charge < -0.3 is 4.90 Å². The predicted octanol–water partition coefficient (Wildman–Crippen LogP) is 4.00. The Kier molecular flexibility index (Phi) is 2.99. The molecule has 0 radical (unpaired) electrons. The Morgan fingerprint density at radius 2 is 2.07 bits per heavy atom. The molecule has 0 aromatic heterocycles. The number of hydrogen-bond donors (Lipinski definition) is 0. The van der Waals surface area contributed by atoms with Gasteiger partial charge in [-0.15, -0.1) is 0 Å². The molecule has 82 valence electrons. The SMILES string of the molecule is CC.CC1=CC2=C(CCC2)C2CC=CN12. The highest BCUT2D eigenvalue weighted by Crippen LogP contribution is 2.40. The number of fused-ring (bicyclic) bond motifs is 2. The summed E-state index contributed by atoms with van der Waals surface area (Å²) in [5.74, 6) is 0. The van der Waals surface area contributed by atoms with Gasteiger partial charge in [0.05, 0.1) is 6.04 Å². The molecule has 0 amide bonds. The van der Waals surface area contributed by atoms with E-state index in [0.29, 0.717) is 6.04 Å². The molecule has 1 heteroatoms. The molecule has 0 aromatic rings. The first-order chi connectivity index (χ1) is 7.36. The van der Waals surface area contributed by atoms with Gasteiger partial charge in [-0.25, -0.2) is 0 Å². The van der Waals surface area contributed by atoms with Gasteiger partial charge in [-0.3, -0.25) is 0 Å². The summed E-state index contributed by atoms with van der Waals surface area (Å²) in [7, 11) is 0. The topological polar surface area (TPSA) is 3.24 Å². The quantitative estimate of drug-likeness (QED) is 0.575. The van der Waals surface area contributed by atoms with Crippen LogP contribution in [0.3, 0.4) is 0 Å². The van der Waals surface area contributed by atoms with E-state index < -0.39 is 0 Å². The van der Waals surface area contributed by atoms with Crippen molar-refractivity contribution in [2.45, 2.75) is 52.5 Å². The molecule has 1 aliphatic carbocycles. The number of nitrogens with zero attached hydrogens (tertiary/aromatic N) is 1. The van der Waals surface area contributed by atoms with Crippen molar-refractivity contribution in [3.8, 4) is 0 Å². The Bertz CT molecular complexity index is 333. The van der Waals surface area contributed by atoms with Crippen LogP contribution in [-0.2, 0) is 0 Å². The first-order valence-corrected chi connectivity index (χ1v) is 6.21. The standard InChI is InChI=1S/C12H15N.C2H6/c1-9-8-10-4-2-5-11(10)12-6-3-7-13(9)12;1-2/h3,7-8,12H,2,4-6H2,1H3;1-2H3. The van der Waals surface area contributed by atoms with Crippen molar-refractivity contribution < 1.29 is 0 Å². The molecular formula is C14H21N. The van der Waals surface area contributed by atoms with Crippen LogP contribution in [-0.4, -0.2) is 10.9 Å². The summed E-state index contributed by atoms with van der Waals surface area (Å²) in [6, 6.07) is 0.697. The maximum absolute atomic E-state index is 2.43. The Balaban J connectivity index is 0.000000404. The molecule has 0 aromatic carbocycles. The average molecular weight is 203 g/mol. The van der Waals surface area contributed by atoms with Crippen molar-refractivity contribution >= 4 is 0 Å². The molecule has 0 N–H and O–H groups in total. The van der Waals surface area contributed by atoms with E-state index in [1.54, 1.807) is 11.1 Å². The van der Waals surface area contributed by atoms with Crippen LogP contribution in [0.5, 0.6) is 0 Å². The van der Waals surface area contributed by atoms with E-state index in [0.717, 1.165) is 0 Å². The summed E-state index contributed by atoms with van der Waals surface area (Å²) in [5, 5.41) is 0. The molecule has 1 nitrogen and oxygen atoms in total. The van der Waals surface area contributed by atoms with Gasteiger partial charge in [0, 0.05) is 11.9 Å². The fraction of sp³-hybridized carbons (Fsp3) is 0.571. The molecule has 2 heterocycles. The highest BCUT2D eigenvalue weighted by molar-refractivity contribution is 5.41. The normalized spacial score (nSPS) is 27.0. The van der Waals surface area contributed by atoms with Crippen LogP contribution >= 0.6 is 0 Å². The Hall–Kier alpha value is -0.980. The van der Waals surface area contributed by atoms with Crippen LogP contribution < -0.4 is 0 Å². The van der Waals surface area contributed by atoms with Crippen LogP contribution in [0.25, 0.3) is 0 Å². The van der Waals surface area contributed by atoms with Crippen LogP contribution in [0.1, 0.15) is 46.5 Å². The van der Waals surface area contributed by atoms with Crippen molar-refractivity contribution in [1.82, 2.24) is 4.90 Å². The summed E-state index contributed by atoms with van der Waals surface area (Å²) in [6.45, 7) is 6.23. The van der Waals surface area contributed by atoms with Gasteiger partial charge in [-0.1, -0.05) is 19.9 Å². The van der Waals surface area contributed by atoms with E-state index in [1.807, 2.05) is 13.8 Å². The van der Waals surface area contributed by atoms with Gasteiger partial charge in [-0.05, 0) is 49.8 Å². The Morgan fingerprint density at radius 1 is 1.27 bits per heavy atom. The third-order valence-electron chi connectivity index (χ3n) is 3.46. The van der Waals surface area contributed by atoms with Gasteiger partial charge >= 0.3 is 0 Å². The molecule has 0 fully saturated rings. The van der Waals surface area contributed by atoms with Crippen molar-refractivity contribution in [2.24, 2.45) is 0 Å². The summed E-state index contributed by atoms with van der Waals surface area (Å²) in [4.78, 5) is 2.43. The van der Waals surface area contributed by atoms with Gasteiger partial charge in [0.2, 0.25) is 0 Å². The number of hydrogen-bond acceptors (Lipinski definition) is 1. The highest BCUT2D eigenvalue weighted by Gasteiger charge is 2.31. The lowest BCUT2D eigenvalue weighted by molar-refractivity contribution is 0.396. The molecule has 15 heavy (non-hydrogen) atoms. The van der Waals surface area contributed by atoms with Gasteiger partial charge in [0.25, 0.3) is 0 Å². The lowest BCUT2D eigenvalue weighted by Crippen LogP contribution is -2.29. The lowest BCUT2D eigenvalue weighted by atomic mass is 9.96. The van der Waals surface area contributed by atoms with Gasteiger partial charge in [-0.2, -0.15) is 0 Å². The van der Waals surface area contributed by atoms with Crippen LogP contribution in [0, 0.1) is 0 Å². The largest absolute Gasteiger partial charge is 0.345 e. The second kappa shape index (κ2) is 4.26. The Labute approximate surface area is 93.2 Å². The molecule has 0 spiro atoms. The summed E-state index contributed by atoms with van der Waals surface area (Å²) in [5.41, 5.74) is 4.79. The molecule has 0 saturated carbocycles. The van der Waals surface area contributed by atoms with Crippen molar-refractivity contribution in [3.05, 3.63) is 35.2 Å². The first kappa shape index (κ1) is 10.5. The summed E-state index contributed by atoms with van der Waals surface area (Å²) in [6.07, 6.45) is 12.2. The minimum absolute atomic E-state index is 0.697. The fourth-order valence-corrected chi connectivity index (χ4v) is 2.86. The molecule has 0 saturated heterocycles. The number of rotatable bonds is 0. The second-order valence-electron chi connectivity index (χ2n) is 4.23. The summed E-state index contributed by atoms with van der Waals surface area (Å²) >= 11 is 0. The van der Waals surface area contributed by atoms with Crippen molar-refractivity contribution in [1.29, 1.82) is 0 Å². The zero-order valence-electron chi connectivity index (χ0n) is 10.1. The smallest absolute Gasteiger partial charge is 0.0583 e. The minimum atomic E-state index is 0.697. The van der Waals surface area contributed by atoms with E-state index in [4.69, 9.17) is 0 Å². The van der Waals surface area contributed by atoms with E-state index in [2.05, 4.69) is 30.2 Å². The Morgan fingerprint density at radius 3 is 2.87 bits per heavy atom. The number of allylic oxidation sites excluding steroid dienone is 3. The molecular weight excluding hydrogens is 182 g/mol. The maximum Gasteiger partial charge on any atom is 0.0583 e. The molecule has 3 aliphatic rings. The summed E-state index contributed by atoms with van der Waals surface area (Å²) < 4.78 is 0. The van der Waals surface area contributed by atoms with Gasteiger partial charge in [0.15, 0.2) is 0 Å².